The fourth-order valence-corrected chi connectivity index (χ4v) is 3.60. The summed E-state index contributed by atoms with van der Waals surface area (Å²) in [7, 11) is 1.85. The number of nitrogens with zero attached hydrogens (tertiary/aromatic N) is 1. The molecule has 20 heavy (non-hydrogen) atoms. The molecule has 0 aromatic heterocycles. The summed E-state index contributed by atoms with van der Waals surface area (Å²) in [5, 5.41) is 3.64. The monoisotopic (exact) mass is 274 g/mol. The third-order valence-corrected chi connectivity index (χ3v) is 4.99. The zero-order valence-electron chi connectivity index (χ0n) is 12.7. The van der Waals surface area contributed by atoms with E-state index < -0.39 is 0 Å². The molecule has 2 atom stereocenters. The molecule has 0 aliphatic carbocycles. The van der Waals surface area contributed by atoms with Crippen molar-refractivity contribution in [2.75, 3.05) is 32.1 Å². The minimum Gasteiger partial charge on any atom is -0.383 e. The zero-order valence-corrected chi connectivity index (χ0v) is 12.7. The Morgan fingerprint density at radius 2 is 2.20 bits per heavy atom. The van der Waals surface area contributed by atoms with Crippen molar-refractivity contribution in [3.63, 3.8) is 0 Å². The lowest BCUT2D eigenvalue weighted by Gasteiger charge is -2.43. The summed E-state index contributed by atoms with van der Waals surface area (Å²) < 4.78 is 5.73. The minimum atomic E-state index is 0.0391. The Morgan fingerprint density at radius 3 is 3.05 bits per heavy atom. The first-order valence-electron chi connectivity index (χ1n) is 7.81. The number of hydrogen-bond acceptors (Lipinski definition) is 3. The van der Waals surface area contributed by atoms with Gasteiger partial charge in [-0.1, -0.05) is 18.2 Å². The van der Waals surface area contributed by atoms with Crippen LogP contribution in [0.15, 0.2) is 24.3 Å². The van der Waals surface area contributed by atoms with Crippen molar-refractivity contribution in [1.29, 1.82) is 0 Å². The molecule has 1 aromatic rings. The van der Waals surface area contributed by atoms with Crippen LogP contribution in [0.5, 0.6) is 0 Å². The smallest absolute Gasteiger partial charge is 0.0777 e. The lowest BCUT2D eigenvalue weighted by molar-refractivity contribution is -0.0605. The number of para-hydroxylation sites is 1. The summed E-state index contributed by atoms with van der Waals surface area (Å²) in [5.74, 6) is 0. The van der Waals surface area contributed by atoms with Crippen molar-refractivity contribution in [3.8, 4) is 0 Å². The maximum Gasteiger partial charge on any atom is 0.0777 e. The lowest BCUT2D eigenvalue weighted by atomic mass is 9.92. The van der Waals surface area contributed by atoms with Gasteiger partial charge in [0.25, 0.3) is 0 Å². The summed E-state index contributed by atoms with van der Waals surface area (Å²) in [5.41, 5.74) is 2.82. The van der Waals surface area contributed by atoms with Gasteiger partial charge in [0, 0.05) is 31.9 Å². The molecule has 1 N–H and O–H groups in total. The second-order valence-corrected chi connectivity index (χ2v) is 6.46. The molecule has 2 heterocycles. The van der Waals surface area contributed by atoms with Crippen molar-refractivity contribution in [1.82, 2.24) is 4.90 Å². The molecule has 2 aliphatic rings. The maximum atomic E-state index is 5.73. The van der Waals surface area contributed by atoms with Gasteiger partial charge in [-0.15, -0.1) is 0 Å². The Hall–Kier alpha value is -1.06. The van der Waals surface area contributed by atoms with Gasteiger partial charge in [-0.3, -0.25) is 4.90 Å². The average Bonchev–Trinajstić information content (AvgIpc) is 2.70. The van der Waals surface area contributed by atoms with E-state index in [0.717, 1.165) is 13.1 Å². The second kappa shape index (κ2) is 5.74. The van der Waals surface area contributed by atoms with Gasteiger partial charge >= 0.3 is 0 Å². The van der Waals surface area contributed by atoms with Crippen LogP contribution in [0.4, 0.5) is 5.69 Å². The summed E-state index contributed by atoms with van der Waals surface area (Å²) >= 11 is 0. The highest BCUT2D eigenvalue weighted by molar-refractivity contribution is 5.52. The van der Waals surface area contributed by atoms with E-state index in [0.29, 0.717) is 6.04 Å². The fourth-order valence-electron chi connectivity index (χ4n) is 3.60. The number of piperidine rings is 1. The van der Waals surface area contributed by atoms with Crippen molar-refractivity contribution in [3.05, 3.63) is 29.8 Å². The molecule has 1 fully saturated rings. The molecule has 0 amide bonds. The van der Waals surface area contributed by atoms with E-state index in [9.17, 15) is 0 Å². The number of likely N-dealkylation sites (tertiary alicyclic amines) is 1. The summed E-state index contributed by atoms with van der Waals surface area (Å²) in [6.45, 7) is 5.57. The van der Waals surface area contributed by atoms with E-state index in [1.165, 1.54) is 43.5 Å². The molecule has 0 radical (unpaired) electrons. The number of fused-ring (bicyclic) bond motifs is 1. The molecular weight excluding hydrogens is 248 g/mol. The summed E-state index contributed by atoms with van der Waals surface area (Å²) in [6.07, 6.45) is 4.84. The van der Waals surface area contributed by atoms with Crippen LogP contribution in [-0.4, -0.2) is 43.3 Å². The van der Waals surface area contributed by atoms with Crippen molar-refractivity contribution < 1.29 is 4.74 Å². The average molecular weight is 274 g/mol. The first-order valence-corrected chi connectivity index (χ1v) is 7.81. The molecule has 1 aromatic carbocycles. The van der Waals surface area contributed by atoms with Crippen molar-refractivity contribution >= 4 is 5.69 Å². The van der Waals surface area contributed by atoms with Crippen LogP contribution < -0.4 is 5.32 Å². The lowest BCUT2D eigenvalue weighted by Crippen LogP contribution is -2.52. The van der Waals surface area contributed by atoms with Crippen LogP contribution in [0.2, 0.25) is 0 Å². The van der Waals surface area contributed by atoms with Crippen molar-refractivity contribution in [2.24, 2.45) is 0 Å². The van der Waals surface area contributed by atoms with Gasteiger partial charge in [0.15, 0.2) is 0 Å². The summed E-state index contributed by atoms with van der Waals surface area (Å²) in [6, 6.07) is 9.34. The molecule has 3 nitrogen and oxygen atoms in total. The highest BCUT2D eigenvalue weighted by Gasteiger charge is 2.34. The highest BCUT2D eigenvalue weighted by atomic mass is 16.5. The van der Waals surface area contributed by atoms with Crippen LogP contribution in [0.1, 0.15) is 31.7 Å². The quantitative estimate of drug-likeness (QED) is 0.897. The van der Waals surface area contributed by atoms with E-state index in [4.69, 9.17) is 4.74 Å². The predicted octanol–water partition coefficient (Wildman–Crippen LogP) is 2.91. The SMILES string of the molecule is COC1(C)CCCN(C2CCc3ccccc3NC2)C1. The molecule has 3 heteroatoms. The number of nitrogens with one attached hydrogen (secondary N) is 1. The van der Waals surface area contributed by atoms with E-state index >= 15 is 0 Å². The number of anilines is 1. The Kier molecular flexibility index (Phi) is 3.99. The standard InChI is InChI=1S/C17H26N2O/c1-17(20-2)10-5-11-19(13-17)15-9-8-14-6-3-4-7-16(14)18-12-15/h3-4,6-7,15,18H,5,8-13H2,1-2H3. The number of rotatable bonds is 2. The van der Waals surface area contributed by atoms with Gasteiger partial charge in [0.05, 0.1) is 5.60 Å². The highest BCUT2D eigenvalue weighted by Crippen LogP contribution is 2.28. The van der Waals surface area contributed by atoms with Crippen LogP contribution in [0.25, 0.3) is 0 Å². The van der Waals surface area contributed by atoms with E-state index in [-0.39, 0.29) is 5.60 Å². The Bertz CT molecular complexity index is 435. The van der Waals surface area contributed by atoms with E-state index in [1.54, 1.807) is 0 Å². The fraction of sp³-hybridized carbons (Fsp3) is 0.647. The first-order chi connectivity index (χ1) is 9.70. The Morgan fingerprint density at radius 1 is 1.35 bits per heavy atom. The van der Waals surface area contributed by atoms with Crippen LogP contribution in [-0.2, 0) is 11.2 Å². The number of hydrogen-bond donors (Lipinski definition) is 1. The third kappa shape index (κ3) is 2.84. The van der Waals surface area contributed by atoms with Gasteiger partial charge in [0.2, 0.25) is 0 Å². The van der Waals surface area contributed by atoms with Crippen LogP contribution >= 0.6 is 0 Å². The van der Waals surface area contributed by atoms with E-state index in [1.807, 2.05) is 7.11 Å². The molecule has 110 valence electrons. The van der Waals surface area contributed by atoms with Crippen LogP contribution in [0.3, 0.4) is 0 Å². The number of methoxy groups -OCH3 is 1. The van der Waals surface area contributed by atoms with Gasteiger partial charge in [-0.05, 0) is 50.8 Å². The minimum absolute atomic E-state index is 0.0391. The molecule has 3 rings (SSSR count). The molecule has 0 saturated carbocycles. The largest absolute Gasteiger partial charge is 0.383 e. The van der Waals surface area contributed by atoms with Gasteiger partial charge in [-0.2, -0.15) is 0 Å². The Labute approximate surface area is 122 Å². The molecule has 0 bridgehead atoms. The predicted molar refractivity (Wildman–Crippen MR) is 83.3 cm³/mol. The number of benzene rings is 1. The first kappa shape index (κ1) is 13.9. The van der Waals surface area contributed by atoms with Gasteiger partial charge < -0.3 is 10.1 Å². The van der Waals surface area contributed by atoms with Crippen molar-refractivity contribution in [2.45, 2.75) is 44.2 Å². The second-order valence-electron chi connectivity index (χ2n) is 6.46. The third-order valence-electron chi connectivity index (χ3n) is 4.99. The summed E-state index contributed by atoms with van der Waals surface area (Å²) in [4.78, 5) is 2.63. The normalized spacial score (nSPS) is 31.2. The van der Waals surface area contributed by atoms with Gasteiger partial charge in [-0.25, -0.2) is 0 Å². The molecule has 2 aliphatic heterocycles. The molecule has 1 saturated heterocycles. The molecule has 2 unspecified atom stereocenters. The zero-order chi connectivity index (χ0) is 14.0. The molecular formula is C17H26N2O. The van der Waals surface area contributed by atoms with Gasteiger partial charge in [0.1, 0.15) is 0 Å². The van der Waals surface area contributed by atoms with E-state index in [2.05, 4.69) is 41.4 Å². The topological polar surface area (TPSA) is 24.5 Å². The number of ether oxygens (including phenoxy) is 1. The maximum absolute atomic E-state index is 5.73. The molecule has 0 spiro atoms. The Balaban J connectivity index is 1.67. The van der Waals surface area contributed by atoms with Crippen LogP contribution in [0, 0.1) is 0 Å². The number of aryl methyl sites for hydroxylation is 1.